The predicted octanol–water partition coefficient (Wildman–Crippen LogP) is 3.97. The second kappa shape index (κ2) is 8.29. The molecule has 1 aliphatic rings. The zero-order chi connectivity index (χ0) is 15.9. The minimum absolute atomic E-state index is 0.743. The molecule has 2 aromatic heterocycles. The Morgan fingerprint density at radius 3 is 2.96 bits per heavy atom. The summed E-state index contributed by atoms with van der Waals surface area (Å²) in [6.45, 7) is 3.20. The van der Waals surface area contributed by atoms with Crippen LogP contribution in [0.15, 0.2) is 24.4 Å². The summed E-state index contributed by atoms with van der Waals surface area (Å²) in [5, 5.41) is 3.53. The van der Waals surface area contributed by atoms with Crippen molar-refractivity contribution in [3.8, 4) is 11.5 Å². The van der Waals surface area contributed by atoms with E-state index in [9.17, 15) is 0 Å². The maximum Gasteiger partial charge on any atom is 0.180 e. The minimum Gasteiger partial charge on any atom is -0.369 e. The molecule has 1 aliphatic carbocycles. The van der Waals surface area contributed by atoms with Crippen LogP contribution in [0, 0.1) is 0 Å². The molecule has 0 atom stereocenters. The number of aromatic nitrogens is 3. The van der Waals surface area contributed by atoms with Crippen LogP contribution in [0.1, 0.15) is 37.4 Å². The van der Waals surface area contributed by atoms with E-state index < -0.39 is 0 Å². The van der Waals surface area contributed by atoms with E-state index >= 15 is 0 Å². The van der Waals surface area contributed by atoms with Crippen LogP contribution in [0.25, 0.3) is 11.5 Å². The van der Waals surface area contributed by atoms with Gasteiger partial charge < -0.3 is 5.32 Å². The van der Waals surface area contributed by atoms with Crippen LogP contribution in [0.2, 0.25) is 0 Å². The molecule has 0 bridgehead atoms. The SMILES string of the molecule is CCCCSCCNc1nc(-c2ccccn2)nc2c1CCC2. The van der Waals surface area contributed by atoms with Crippen LogP contribution in [0.3, 0.4) is 0 Å². The van der Waals surface area contributed by atoms with Crippen LogP contribution in [-0.4, -0.2) is 33.0 Å². The molecule has 0 aliphatic heterocycles. The Bertz CT molecular complexity index is 630. The molecular weight excluding hydrogens is 304 g/mol. The highest BCUT2D eigenvalue weighted by molar-refractivity contribution is 7.99. The number of rotatable bonds is 8. The van der Waals surface area contributed by atoms with Crippen LogP contribution in [0.4, 0.5) is 5.82 Å². The Hall–Kier alpha value is -1.62. The molecule has 0 spiro atoms. The summed E-state index contributed by atoms with van der Waals surface area (Å²) in [7, 11) is 0. The van der Waals surface area contributed by atoms with Crippen molar-refractivity contribution < 1.29 is 0 Å². The summed E-state index contributed by atoms with van der Waals surface area (Å²) in [6, 6.07) is 5.88. The fourth-order valence-electron chi connectivity index (χ4n) is 2.78. The molecule has 3 rings (SSSR count). The van der Waals surface area contributed by atoms with Gasteiger partial charge in [0.15, 0.2) is 5.82 Å². The number of hydrogen-bond acceptors (Lipinski definition) is 5. The molecule has 0 amide bonds. The smallest absolute Gasteiger partial charge is 0.180 e. The molecule has 0 radical (unpaired) electrons. The van der Waals surface area contributed by atoms with Gasteiger partial charge in [0.1, 0.15) is 11.5 Å². The molecule has 1 N–H and O–H groups in total. The number of nitrogens with zero attached hydrogens (tertiary/aromatic N) is 3. The molecule has 0 fully saturated rings. The predicted molar refractivity (Wildman–Crippen MR) is 98.0 cm³/mol. The van der Waals surface area contributed by atoms with Gasteiger partial charge in [0, 0.05) is 29.8 Å². The van der Waals surface area contributed by atoms with Crippen LogP contribution in [-0.2, 0) is 12.8 Å². The highest BCUT2D eigenvalue weighted by Gasteiger charge is 2.20. The molecule has 0 saturated carbocycles. The first kappa shape index (κ1) is 16.2. The molecule has 0 aromatic carbocycles. The number of fused-ring (bicyclic) bond motifs is 1. The number of aryl methyl sites for hydroxylation is 1. The Balaban J connectivity index is 1.70. The van der Waals surface area contributed by atoms with E-state index in [0.29, 0.717) is 0 Å². The molecule has 5 heteroatoms. The second-order valence-corrected chi connectivity index (χ2v) is 7.01. The normalized spacial score (nSPS) is 13.1. The van der Waals surface area contributed by atoms with E-state index in [2.05, 4.69) is 17.2 Å². The van der Waals surface area contributed by atoms with E-state index in [1.165, 1.54) is 36.3 Å². The largest absolute Gasteiger partial charge is 0.369 e. The summed E-state index contributed by atoms with van der Waals surface area (Å²) in [6.07, 6.45) is 7.68. The van der Waals surface area contributed by atoms with Crippen molar-refractivity contribution in [2.45, 2.75) is 39.0 Å². The van der Waals surface area contributed by atoms with Gasteiger partial charge in [-0.15, -0.1) is 0 Å². The summed E-state index contributed by atoms with van der Waals surface area (Å²) < 4.78 is 0. The fourth-order valence-corrected chi connectivity index (χ4v) is 3.72. The lowest BCUT2D eigenvalue weighted by Crippen LogP contribution is -2.10. The lowest BCUT2D eigenvalue weighted by Gasteiger charge is -2.12. The first-order valence-corrected chi connectivity index (χ1v) is 9.66. The quantitative estimate of drug-likeness (QED) is 0.743. The van der Waals surface area contributed by atoms with Crippen LogP contribution in [0.5, 0.6) is 0 Å². The highest BCUT2D eigenvalue weighted by Crippen LogP contribution is 2.28. The molecule has 2 heterocycles. The first-order chi connectivity index (χ1) is 11.4. The molecule has 4 nitrogen and oxygen atoms in total. The number of hydrogen-bond donors (Lipinski definition) is 1. The maximum absolute atomic E-state index is 4.75. The van der Waals surface area contributed by atoms with Crippen molar-refractivity contribution in [2.75, 3.05) is 23.4 Å². The molecule has 0 saturated heterocycles. The minimum atomic E-state index is 0.743. The molecule has 122 valence electrons. The van der Waals surface area contributed by atoms with Crippen molar-refractivity contribution in [1.82, 2.24) is 15.0 Å². The zero-order valence-corrected chi connectivity index (χ0v) is 14.5. The van der Waals surface area contributed by atoms with Crippen molar-refractivity contribution in [2.24, 2.45) is 0 Å². The average molecular weight is 328 g/mol. The van der Waals surface area contributed by atoms with Gasteiger partial charge >= 0.3 is 0 Å². The lowest BCUT2D eigenvalue weighted by atomic mass is 10.2. The van der Waals surface area contributed by atoms with Crippen molar-refractivity contribution >= 4 is 17.6 Å². The first-order valence-electron chi connectivity index (χ1n) is 8.51. The molecule has 0 unspecified atom stereocenters. The number of pyridine rings is 1. The third-order valence-corrected chi connectivity index (χ3v) is 5.08. The van der Waals surface area contributed by atoms with Gasteiger partial charge in [-0.3, -0.25) is 4.98 Å². The third kappa shape index (κ3) is 4.22. The monoisotopic (exact) mass is 328 g/mol. The van der Waals surface area contributed by atoms with Gasteiger partial charge in [-0.05, 0) is 43.6 Å². The van der Waals surface area contributed by atoms with E-state index in [-0.39, 0.29) is 0 Å². The van der Waals surface area contributed by atoms with E-state index in [4.69, 9.17) is 9.97 Å². The number of unbranched alkanes of at least 4 members (excludes halogenated alkanes) is 1. The fraction of sp³-hybridized carbons (Fsp3) is 0.500. The molecular formula is C18H24N4S. The standard InChI is InChI=1S/C18H24N4S/c1-2-3-12-23-13-11-20-17-14-7-6-9-15(14)21-18(22-17)16-8-4-5-10-19-16/h4-5,8,10H,2-3,6-7,9,11-13H2,1H3,(H,20,21,22). The van der Waals surface area contributed by atoms with Crippen LogP contribution >= 0.6 is 11.8 Å². The Labute approximate surface area is 142 Å². The summed E-state index contributed by atoms with van der Waals surface area (Å²) in [4.78, 5) is 13.9. The Morgan fingerprint density at radius 1 is 1.17 bits per heavy atom. The summed E-state index contributed by atoms with van der Waals surface area (Å²) in [5.74, 6) is 4.13. The number of nitrogens with one attached hydrogen (secondary N) is 1. The van der Waals surface area contributed by atoms with Gasteiger partial charge in [-0.2, -0.15) is 11.8 Å². The summed E-state index contributed by atoms with van der Waals surface area (Å²) >= 11 is 2.01. The number of anilines is 1. The second-order valence-electron chi connectivity index (χ2n) is 5.78. The van der Waals surface area contributed by atoms with Crippen molar-refractivity contribution in [3.63, 3.8) is 0 Å². The maximum atomic E-state index is 4.75. The van der Waals surface area contributed by atoms with Gasteiger partial charge in [-0.1, -0.05) is 19.4 Å². The van der Waals surface area contributed by atoms with Crippen molar-refractivity contribution in [1.29, 1.82) is 0 Å². The lowest BCUT2D eigenvalue weighted by molar-refractivity contribution is 0.896. The van der Waals surface area contributed by atoms with E-state index in [0.717, 1.165) is 42.5 Å². The molecule has 23 heavy (non-hydrogen) atoms. The Kier molecular flexibility index (Phi) is 5.86. The number of thioether (sulfide) groups is 1. The average Bonchev–Trinajstić information content (AvgIpc) is 3.07. The van der Waals surface area contributed by atoms with Crippen molar-refractivity contribution in [3.05, 3.63) is 35.7 Å². The van der Waals surface area contributed by atoms with Gasteiger partial charge in [0.25, 0.3) is 0 Å². The highest BCUT2D eigenvalue weighted by atomic mass is 32.2. The molecule has 2 aromatic rings. The van der Waals surface area contributed by atoms with Crippen LogP contribution < -0.4 is 5.32 Å². The Morgan fingerprint density at radius 2 is 2.13 bits per heavy atom. The van der Waals surface area contributed by atoms with E-state index in [1.54, 1.807) is 6.20 Å². The topological polar surface area (TPSA) is 50.7 Å². The van der Waals surface area contributed by atoms with Gasteiger partial charge in [-0.25, -0.2) is 9.97 Å². The zero-order valence-electron chi connectivity index (χ0n) is 13.7. The third-order valence-electron chi connectivity index (χ3n) is 4.01. The summed E-state index contributed by atoms with van der Waals surface area (Å²) in [5.41, 5.74) is 3.35. The van der Waals surface area contributed by atoms with E-state index in [1.807, 2.05) is 30.0 Å². The van der Waals surface area contributed by atoms with Gasteiger partial charge in [0.05, 0.1) is 0 Å². The van der Waals surface area contributed by atoms with Gasteiger partial charge in [0.2, 0.25) is 0 Å².